The number of para-hydroxylation sites is 1. The number of amides is 1. The van der Waals surface area contributed by atoms with Crippen molar-refractivity contribution in [3.63, 3.8) is 0 Å². The van der Waals surface area contributed by atoms with E-state index in [1.54, 1.807) is 7.11 Å². The van der Waals surface area contributed by atoms with E-state index in [-0.39, 0.29) is 5.91 Å². The first-order valence-corrected chi connectivity index (χ1v) is 8.37. The second-order valence-corrected chi connectivity index (χ2v) is 6.00. The maximum absolute atomic E-state index is 12.7. The van der Waals surface area contributed by atoms with Crippen LogP contribution >= 0.6 is 0 Å². The van der Waals surface area contributed by atoms with Crippen LogP contribution in [0, 0.1) is 0 Å². The number of fused-ring (bicyclic) bond motifs is 1. The number of benzene rings is 3. The smallest absolute Gasteiger partial charge is 0.272 e. The Kier molecular flexibility index (Phi) is 4.15. The van der Waals surface area contributed by atoms with Gasteiger partial charge in [-0.2, -0.15) is 0 Å². The van der Waals surface area contributed by atoms with Crippen LogP contribution in [0.1, 0.15) is 10.5 Å². The van der Waals surface area contributed by atoms with Gasteiger partial charge in [0.25, 0.3) is 5.91 Å². The maximum Gasteiger partial charge on any atom is 0.272 e. The number of ether oxygens (including phenoxy) is 1. The van der Waals surface area contributed by atoms with E-state index in [2.05, 4.69) is 10.3 Å². The summed E-state index contributed by atoms with van der Waals surface area (Å²) in [6.07, 6.45) is 0. The molecule has 4 nitrogen and oxygen atoms in total. The molecule has 26 heavy (non-hydrogen) atoms. The lowest BCUT2D eigenvalue weighted by atomic mass is 10.0. The van der Waals surface area contributed by atoms with Crippen LogP contribution in [-0.2, 0) is 0 Å². The van der Waals surface area contributed by atoms with Gasteiger partial charge in [0, 0.05) is 28.2 Å². The van der Waals surface area contributed by atoms with Crippen molar-refractivity contribution >= 4 is 22.5 Å². The fourth-order valence-electron chi connectivity index (χ4n) is 3.01. The Morgan fingerprint density at radius 2 is 1.69 bits per heavy atom. The molecule has 0 bridgehead atoms. The molecule has 1 heterocycles. The zero-order chi connectivity index (χ0) is 17.9. The molecule has 4 heteroatoms. The van der Waals surface area contributed by atoms with Crippen molar-refractivity contribution in [1.29, 1.82) is 0 Å². The normalized spacial score (nSPS) is 10.7. The summed E-state index contributed by atoms with van der Waals surface area (Å²) in [4.78, 5) is 15.9. The van der Waals surface area contributed by atoms with E-state index in [4.69, 9.17) is 4.74 Å². The van der Waals surface area contributed by atoms with Gasteiger partial charge in [-0.3, -0.25) is 4.79 Å². The monoisotopic (exact) mass is 342 g/mol. The van der Waals surface area contributed by atoms with Gasteiger partial charge >= 0.3 is 0 Å². The number of anilines is 1. The van der Waals surface area contributed by atoms with Gasteiger partial charge in [0.2, 0.25) is 0 Å². The zero-order valence-electron chi connectivity index (χ0n) is 14.3. The van der Waals surface area contributed by atoms with Crippen LogP contribution in [0.5, 0.6) is 5.75 Å². The van der Waals surface area contributed by atoms with Crippen molar-refractivity contribution in [3.05, 3.63) is 84.6 Å². The Labute approximate surface area is 151 Å². The van der Waals surface area contributed by atoms with E-state index < -0.39 is 0 Å². The van der Waals surface area contributed by atoms with Crippen molar-refractivity contribution in [2.45, 2.75) is 0 Å². The molecule has 0 unspecified atom stereocenters. The molecule has 0 saturated carbocycles. The van der Waals surface area contributed by atoms with E-state index in [0.717, 1.165) is 33.5 Å². The number of hydrogen-bond donors (Lipinski definition) is 2. The number of nitrogens with one attached hydrogen (secondary N) is 2. The van der Waals surface area contributed by atoms with Crippen LogP contribution in [0.4, 0.5) is 5.69 Å². The summed E-state index contributed by atoms with van der Waals surface area (Å²) < 4.78 is 5.23. The van der Waals surface area contributed by atoms with Crippen molar-refractivity contribution in [2.24, 2.45) is 0 Å². The second kappa shape index (κ2) is 6.76. The summed E-state index contributed by atoms with van der Waals surface area (Å²) in [5, 5.41) is 3.98. The molecule has 0 radical (unpaired) electrons. The van der Waals surface area contributed by atoms with Gasteiger partial charge < -0.3 is 15.0 Å². The van der Waals surface area contributed by atoms with Crippen molar-refractivity contribution in [3.8, 4) is 16.9 Å². The van der Waals surface area contributed by atoms with Crippen LogP contribution in [0.2, 0.25) is 0 Å². The van der Waals surface area contributed by atoms with Crippen LogP contribution in [-0.4, -0.2) is 18.0 Å². The number of aromatic amines is 1. The van der Waals surface area contributed by atoms with E-state index >= 15 is 0 Å². The third-order valence-electron chi connectivity index (χ3n) is 4.33. The summed E-state index contributed by atoms with van der Waals surface area (Å²) in [6, 6.07) is 25.3. The first kappa shape index (κ1) is 16.0. The number of rotatable bonds is 4. The Bertz CT molecular complexity index is 1070. The van der Waals surface area contributed by atoms with Crippen molar-refractivity contribution in [1.82, 2.24) is 4.98 Å². The second-order valence-electron chi connectivity index (χ2n) is 6.00. The molecule has 2 N–H and O–H groups in total. The number of hydrogen-bond acceptors (Lipinski definition) is 2. The number of methoxy groups -OCH3 is 1. The first-order chi connectivity index (χ1) is 12.7. The minimum absolute atomic E-state index is 0.177. The van der Waals surface area contributed by atoms with E-state index in [1.807, 2.05) is 78.9 Å². The number of carbonyl (C=O) groups excluding carboxylic acids is 1. The highest BCUT2D eigenvalue weighted by atomic mass is 16.5. The third-order valence-corrected chi connectivity index (χ3v) is 4.33. The largest absolute Gasteiger partial charge is 0.497 e. The lowest BCUT2D eigenvalue weighted by Crippen LogP contribution is -2.12. The predicted molar refractivity (Wildman–Crippen MR) is 105 cm³/mol. The highest BCUT2D eigenvalue weighted by Crippen LogP contribution is 2.28. The minimum atomic E-state index is -0.177. The van der Waals surface area contributed by atoms with Gasteiger partial charge in [-0.15, -0.1) is 0 Å². The lowest BCUT2D eigenvalue weighted by molar-refractivity contribution is 0.102. The fraction of sp³-hybridized carbons (Fsp3) is 0.0455. The summed E-state index contributed by atoms with van der Waals surface area (Å²) in [7, 11) is 1.62. The summed E-state index contributed by atoms with van der Waals surface area (Å²) in [5.74, 6) is 0.573. The molecule has 4 aromatic rings. The third kappa shape index (κ3) is 3.05. The molecule has 0 aliphatic rings. The molecule has 128 valence electrons. The molecular weight excluding hydrogens is 324 g/mol. The predicted octanol–water partition coefficient (Wildman–Crippen LogP) is 5.10. The fourth-order valence-corrected chi connectivity index (χ4v) is 3.01. The maximum atomic E-state index is 12.7. The zero-order valence-corrected chi connectivity index (χ0v) is 14.3. The number of carbonyl (C=O) groups is 1. The molecule has 0 aliphatic carbocycles. The first-order valence-electron chi connectivity index (χ1n) is 8.37. The molecule has 4 rings (SSSR count). The van der Waals surface area contributed by atoms with Crippen molar-refractivity contribution < 1.29 is 9.53 Å². The molecule has 3 aromatic carbocycles. The van der Waals surface area contributed by atoms with Gasteiger partial charge in [-0.1, -0.05) is 48.5 Å². The average molecular weight is 342 g/mol. The lowest BCUT2D eigenvalue weighted by Gasteiger charge is -2.10. The number of H-pyrrole nitrogens is 1. The van der Waals surface area contributed by atoms with Gasteiger partial charge in [-0.05, 0) is 29.8 Å². The van der Waals surface area contributed by atoms with E-state index in [1.165, 1.54) is 0 Å². The molecular formula is C22H18N2O2. The topological polar surface area (TPSA) is 54.1 Å². The Morgan fingerprint density at radius 1 is 0.923 bits per heavy atom. The van der Waals surface area contributed by atoms with Gasteiger partial charge in [0.1, 0.15) is 11.4 Å². The number of aromatic nitrogens is 1. The quantitative estimate of drug-likeness (QED) is 0.542. The molecule has 0 saturated heterocycles. The Hall–Kier alpha value is -3.53. The molecule has 0 spiro atoms. The molecule has 0 fully saturated rings. The Morgan fingerprint density at radius 3 is 2.50 bits per heavy atom. The van der Waals surface area contributed by atoms with E-state index in [9.17, 15) is 4.79 Å². The van der Waals surface area contributed by atoms with Crippen LogP contribution in [0.25, 0.3) is 22.0 Å². The summed E-state index contributed by atoms with van der Waals surface area (Å²) >= 11 is 0. The van der Waals surface area contributed by atoms with Crippen LogP contribution in [0.3, 0.4) is 0 Å². The molecule has 1 aromatic heterocycles. The molecule has 0 aliphatic heterocycles. The molecule has 1 amide bonds. The minimum Gasteiger partial charge on any atom is -0.497 e. The van der Waals surface area contributed by atoms with Gasteiger partial charge in [0.05, 0.1) is 7.11 Å². The van der Waals surface area contributed by atoms with Crippen molar-refractivity contribution in [2.75, 3.05) is 12.4 Å². The summed E-state index contributed by atoms with van der Waals surface area (Å²) in [6.45, 7) is 0. The average Bonchev–Trinajstić information content (AvgIpc) is 3.12. The highest BCUT2D eigenvalue weighted by molar-refractivity contribution is 6.07. The van der Waals surface area contributed by atoms with Gasteiger partial charge in [-0.25, -0.2) is 0 Å². The Balaban J connectivity index is 1.65. The highest BCUT2D eigenvalue weighted by Gasteiger charge is 2.13. The van der Waals surface area contributed by atoms with Crippen LogP contribution < -0.4 is 10.1 Å². The van der Waals surface area contributed by atoms with Gasteiger partial charge in [0.15, 0.2) is 0 Å². The SMILES string of the molecule is COc1ccc2cc(C(=O)Nc3ccccc3-c3ccccc3)[nH]c2c1. The van der Waals surface area contributed by atoms with Crippen LogP contribution in [0.15, 0.2) is 78.9 Å². The van der Waals surface area contributed by atoms with E-state index in [0.29, 0.717) is 5.69 Å². The molecule has 0 atom stereocenters. The standard InChI is InChI=1S/C22H18N2O2/c1-26-17-12-11-16-13-21(23-20(16)14-17)22(25)24-19-10-6-5-9-18(19)15-7-3-2-4-8-15/h2-14,23H,1H3,(H,24,25). The summed E-state index contributed by atoms with van der Waals surface area (Å²) in [5.41, 5.74) is 4.20.